The Balaban J connectivity index is 1.46. The third-order valence-electron chi connectivity index (χ3n) is 3.85. The monoisotopic (exact) mass is 413 g/mol. The number of ether oxygens (including phenoxy) is 2. The van der Waals surface area contributed by atoms with Gasteiger partial charge in [-0.15, -0.1) is 11.3 Å². The third-order valence-corrected chi connectivity index (χ3v) is 4.93. The fourth-order valence-corrected chi connectivity index (χ4v) is 3.41. The topological polar surface area (TPSA) is 63.2 Å². The summed E-state index contributed by atoms with van der Waals surface area (Å²) in [6.45, 7) is 2.62. The highest BCUT2D eigenvalue weighted by Crippen LogP contribution is 2.31. The minimum absolute atomic E-state index is 0.0395. The number of thiophene rings is 1. The van der Waals surface area contributed by atoms with E-state index in [0.29, 0.717) is 13.2 Å². The highest BCUT2D eigenvalue weighted by Gasteiger charge is 2.30. The molecule has 0 bridgehead atoms. The third kappa shape index (κ3) is 5.70. The van der Waals surface area contributed by atoms with Crippen LogP contribution in [0.4, 0.5) is 18.2 Å². The average molecular weight is 413 g/mol. The SMILES string of the molecule is O=C(COc1cccc(C(F)(F)F)c1)N/N=C/c1ccc(N2CCOCC2)s1. The van der Waals surface area contributed by atoms with Gasteiger partial charge < -0.3 is 14.4 Å². The van der Waals surface area contributed by atoms with Gasteiger partial charge in [0, 0.05) is 18.0 Å². The first-order chi connectivity index (χ1) is 13.4. The Morgan fingerprint density at radius 3 is 2.82 bits per heavy atom. The number of anilines is 1. The summed E-state index contributed by atoms with van der Waals surface area (Å²) in [5.74, 6) is -0.610. The van der Waals surface area contributed by atoms with E-state index in [1.807, 2.05) is 12.1 Å². The van der Waals surface area contributed by atoms with Crippen molar-refractivity contribution in [2.24, 2.45) is 5.10 Å². The molecule has 1 aliphatic rings. The van der Waals surface area contributed by atoms with Gasteiger partial charge >= 0.3 is 6.18 Å². The first kappa shape index (κ1) is 20.2. The Labute approximate surface area is 163 Å². The molecule has 1 saturated heterocycles. The number of rotatable bonds is 6. The summed E-state index contributed by atoms with van der Waals surface area (Å²) in [5.41, 5.74) is 1.46. The number of hydrazone groups is 1. The largest absolute Gasteiger partial charge is 0.484 e. The number of carbonyl (C=O) groups excluding carboxylic acids is 1. The zero-order valence-electron chi connectivity index (χ0n) is 14.7. The van der Waals surface area contributed by atoms with Crippen LogP contribution in [0.25, 0.3) is 0 Å². The molecule has 6 nitrogen and oxygen atoms in total. The quantitative estimate of drug-likeness (QED) is 0.584. The number of benzene rings is 1. The molecule has 1 aromatic carbocycles. The molecule has 0 radical (unpaired) electrons. The molecule has 1 N–H and O–H groups in total. The van der Waals surface area contributed by atoms with E-state index in [1.165, 1.54) is 29.7 Å². The Hall–Kier alpha value is -2.59. The lowest BCUT2D eigenvalue weighted by molar-refractivity contribution is -0.137. The minimum atomic E-state index is -4.47. The second-order valence-electron chi connectivity index (χ2n) is 5.88. The van der Waals surface area contributed by atoms with Gasteiger partial charge in [-0.3, -0.25) is 4.79 Å². The number of hydrogen-bond acceptors (Lipinski definition) is 6. The minimum Gasteiger partial charge on any atom is -0.484 e. The lowest BCUT2D eigenvalue weighted by Gasteiger charge is -2.27. The average Bonchev–Trinajstić information content (AvgIpc) is 3.16. The van der Waals surface area contributed by atoms with Crippen molar-refractivity contribution in [3.63, 3.8) is 0 Å². The Kier molecular flexibility index (Phi) is 6.53. The number of morpholine rings is 1. The summed E-state index contributed by atoms with van der Waals surface area (Å²) < 4.78 is 48.4. The van der Waals surface area contributed by atoms with Crippen molar-refractivity contribution in [3.8, 4) is 5.75 Å². The number of halogens is 3. The van der Waals surface area contributed by atoms with Crippen molar-refractivity contribution in [3.05, 3.63) is 46.8 Å². The van der Waals surface area contributed by atoms with Crippen LogP contribution in [0.2, 0.25) is 0 Å². The zero-order valence-corrected chi connectivity index (χ0v) is 15.6. The van der Waals surface area contributed by atoms with E-state index in [9.17, 15) is 18.0 Å². The van der Waals surface area contributed by atoms with Gasteiger partial charge in [0.05, 0.1) is 30.0 Å². The molecule has 0 saturated carbocycles. The van der Waals surface area contributed by atoms with E-state index in [-0.39, 0.29) is 5.75 Å². The lowest BCUT2D eigenvalue weighted by Crippen LogP contribution is -2.35. The van der Waals surface area contributed by atoms with Gasteiger partial charge in [-0.2, -0.15) is 18.3 Å². The maximum Gasteiger partial charge on any atom is 0.416 e. The first-order valence-electron chi connectivity index (χ1n) is 8.46. The van der Waals surface area contributed by atoms with E-state index < -0.39 is 24.3 Å². The summed E-state index contributed by atoms with van der Waals surface area (Å²) in [6, 6.07) is 8.22. The van der Waals surface area contributed by atoms with Gasteiger partial charge in [0.25, 0.3) is 5.91 Å². The molecule has 10 heteroatoms. The maximum atomic E-state index is 12.7. The zero-order chi connectivity index (χ0) is 20.0. The fourth-order valence-electron chi connectivity index (χ4n) is 2.48. The molecule has 1 amide bonds. The summed E-state index contributed by atoms with van der Waals surface area (Å²) in [7, 11) is 0. The van der Waals surface area contributed by atoms with E-state index in [0.717, 1.165) is 35.1 Å². The molecule has 1 fully saturated rings. The van der Waals surface area contributed by atoms with Crippen LogP contribution in [0.15, 0.2) is 41.5 Å². The van der Waals surface area contributed by atoms with Gasteiger partial charge in [-0.05, 0) is 30.3 Å². The summed E-state index contributed by atoms with van der Waals surface area (Å²) in [4.78, 5) is 14.8. The second kappa shape index (κ2) is 9.07. The van der Waals surface area contributed by atoms with E-state index in [2.05, 4.69) is 15.4 Å². The first-order valence-corrected chi connectivity index (χ1v) is 9.28. The highest BCUT2D eigenvalue weighted by molar-refractivity contribution is 7.17. The molecule has 1 aliphatic heterocycles. The van der Waals surface area contributed by atoms with Crippen molar-refractivity contribution in [2.75, 3.05) is 37.8 Å². The molecular weight excluding hydrogens is 395 g/mol. The van der Waals surface area contributed by atoms with Crippen molar-refractivity contribution < 1.29 is 27.4 Å². The standard InChI is InChI=1S/C18H18F3N3O3S/c19-18(20,21)13-2-1-3-14(10-13)27-12-16(25)23-22-11-15-4-5-17(28-15)24-6-8-26-9-7-24/h1-5,10-11H,6-9,12H2,(H,23,25)/b22-11+. The smallest absolute Gasteiger partial charge is 0.416 e. The van der Waals surface area contributed by atoms with E-state index in [1.54, 1.807) is 0 Å². The van der Waals surface area contributed by atoms with Crippen LogP contribution in [0.5, 0.6) is 5.75 Å². The number of alkyl halides is 3. The Bertz CT molecular complexity index is 833. The number of hydrogen-bond donors (Lipinski definition) is 1. The van der Waals surface area contributed by atoms with E-state index >= 15 is 0 Å². The Morgan fingerprint density at radius 2 is 2.07 bits per heavy atom. The van der Waals surface area contributed by atoms with Crippen LogP contribution < -0.4 is 15.1 Å². The summed E-state index contributed by atoms with van der Waals surface area (Å²) in [6.07, 6.45) is -2.95. The van der Waals surface area contributed by atoms with Crippen LogP contribution in [-0.2, 0) is 15.7 Å². The second-order valence-corrected chi connectivity index (χ2v) is 6.98. The van der Waals surface area contributed by atoms with Crippen LogP contribution in [0, 0.1) is 0 Å². The fraction of sp³-hybridized carbons (Fsp3) is 0.333. The molecule has 2 aromatic rings. The molecule has 28 heavy (non-hydrogen) atoms. The van der Waals surface area contributed by atoms with Gasteiger partial charge in [0.1, 0.15) is 5.75 Å². The molecule has 2 heterocycles. The molecule has 1 aromatic heterocycles. The molecule has 0 aliphatic carbocycles. The molecule has 3 rings (SSSR count). The number of amides is 1. The maximum absolute atomic E-state index is 12.7. The predicted octanol–water partition coefficient (Wildman–Crippen LogP) is 3.13. The van der Waals surface area contributed by atoms with Crippen LogP contribution >= 0.6 is 11.3 Å². The molecule has 0 atom stereocenters. The normalized spacial score (nSPS) is 15.0. The van der Waals surface area contributed by atoms with Crippen molar-refractivity contribution in [1.29, 1.82) is 0 Å². The predicted molar refractivity (Wildman–Crippen MR) is 100 cm³/mol. The molecule has 0 spiro atoms. The molecular formula is C18H18F3N3O3S. The number of nitrogens with zero attached hydrogens (tertiary/aromatic N) is 2. The highest BCUT2D eigenvalue weighted by atomic mass is 32.1. The molecule has 150 valence electrons. The van der Waals surface area contributed by atoms with Gasteiger partial charge in [-0.1, -0.05) is 6.07 Å². The van der Waals surface area contributed by atoms with Gasteiger partial charge in [0.2, 0.25) is 0 Å². The lowest BCUT2D eigenvalue weighted by atomic mass is 10.2. The van der Waals surface area contributed by atoms with Crippen molar-refractivity contribution >= 4 is 28.5 Å². The number of nitrogens with one attached hydrogen (secondary N) is 1. The number of carbonyl (C=O) groups is 1. The van der Waals surface area contributed by atoms with Crippen LogP contribution in [-0.4, -0.2) is 45.0 Å². The van der Waals surface area contributed by atoms with Crippen LogP contribution in [0.3, 0.4) is 0 Å². The van der Waals surface area contributed by atoms with Crippen LogP contribution in [0.1, 0.15) is 10.4 Å². The van der Waals surface area contributed by atoms with Crippen molar-refractivity contribution in [1.82, 2.24) is 5.43 Å². The molecule has 0 unspecified atom stereocenters. The summed E-state index contributed by atoms with van der Waals surface area (Å²) >= 11 is 1.54. The van der Waals surface area contributed by atoms with Gasteiger partial charge in [-0.25, -0.2) is 5.43 Å². The van der Waals surface area contributed by atoms with Crippen molar-refractivity contribution in [2.45, 2.75) is 6.18 Å². The Morgan fingerprint density at radius 1 is 1.29 bits per heavy atom. The van der Waals surface area contributed by atoms with Gasteiger partial charge in [0.15, 0.2) is 6.61 Å². The van der Waals surface area contributed by atoms with E-state index in [4.69, 9.17) is 9.47 Å². The summed E-state index contributed by atoms with van der Waals surface area (Å²) in [5, 5.41) is 4.95.